The number of anilines is 2. The molecular formula is C20H20FN7O3S. The zero-order valence-corrected chi connectivity index (χ0v) is 18.1. The van der Waals surface area contributed by atoms with Crippen LogP contribution >= 0.6 is 0 Å². The number of sulfone groups is 1. The Hall–Kier alpha value is -3.85. The number of nitrogens with one attached hydrogen (secondary N) is 2. The number of nitrogens with two attached hydrogens (primary N) is 1. The molecule has 4 N–H and O–H groups in total. The highest BCUT2D eigenvalue weighted by Crippen LogP contribution is 2.26. The van der Waals surface area contributed by atoms with Crippen molar-refractivity contribution in [1.82, 2.24) is 20.3 Å². The third-order valence-electron chi connectivity index (χ3n) is 4.56. The topological polar surface area (TPSA) is 164 Å². The van der Waals surface area contributed by atoms with Crippen LogP contribution in [0.25, 0.3) is 10.9 Å². The first-order valence-electron chi connectivity index (χ1n) is 9.42. The van der Waals surface area contributed by atoms with E-state index in [1.54, 1.807) is 6.92 Å². The van der Waals surface area contributed by atoms with Crippen LogP contribution < -0.4 is 16.4 Å². The number of aromatic nitrogens is 3. The minimum Gasteiger partial charge on any atom is -0.382 e. The number of nitrogen functional groups attached to an aromatic ring is 1. The molecule has 12 heteroatoms. The third kappa shape index (κ3) is 5.25. The second-order valence-corrected chi connectivity index (χ2v) is 9.36. The largest absolute Gasteiger partial charge is 0.382 e. The van der Waals surface area contributed by atoms with E-state index in [9.17, 15) is 22.9 Å². The average molecular weight is 457 g/mol. The number of carbonyl (C=O) groups is 1. The van der Waals surface area contributed by atoms with Gasteiger partial charge in [-0.2, -0.15) is 5.26 Å². The molecule has 2 aromatic heterocycles. The van der Waals surface area contributed by atoms with Crippen molar-refractivity contribution in [3.63, 3.8) is 0 Å². The van der Waals surface area contributed by atoms with Gasteiger partial charge in [0.15, 0.2) is 0 Å². The molecule has 10 nitrogen and oxygen atoms in total. The lowest BCUT2D eigenvalue weighted by Gasteiger charge is -2.19. The van der Waals surface area contributed by atoms with Crippen molar-refractivity contribution in [3.8, 4) is 6.07 Å². The van der Waals surface area contributed by atoms with E-state index >= 15 is 0 Å². The second-order valence-electron chi connectivity index (χ2n) is 7.10. The molecule has 0 bridgehead atoms. The van der Waals surface area contributed by atoms with Gasteiger partial charge in [-0.25, -0.2) is 27.8 Å². The predicted octanol–water partition coefficient (Wildman–Crippen LogP) is 1.57. The van der Waals surface area contributed by atoms with Crippen LogP contribution in [0.5, 0.6) is 0 Å². The molecule has 2 heterocycles. The molecule has 1 amide bonds. The van der Waals surface area contributed by atoms with Crippen LogP contribution in [0.2, 0.25) is 0 Å². The molecule has 0 radical (unpaired) electrons. The normalized spacial score (nSPS) is 12.2. The first-order chi connectivity index (χ1) is 15.1. The summed E-state index contributed by atoms with van der Waals surface area (Å²) in [6.07, 6.45) is 2.26. The molecule has 0 aliphatic heterocycles. The zero-order valence-electron chi connectivity index (χ0n) is 17.3. The lowest BCUT2D eigenvalue weighted by molar-refractivity contribution is 0.0954. The lowest BCUT2D eigenvalue weighted by Crippen LogP contribution is -2.30. The highest BCUT2D eigenvalue weighted by atomic mass is 32.2. The average Bonchev–Trinajstić information content (AvgIpc) is 2.72. The highest BCUT2D eigenvalue weighted by molar-refractivity contribution is 7.90. The van der Waals surface area contributed by atoms with Gasteiger partial charge in [-0.1, -0.05) is 0 Å². The summed E-state index contributed by atoms with van der Waals surface area (Å²) in [6, 6.07) is 6.76. The number of carbonyl (C=O) groups excluding carboxylic acids is 1. The number of fused-ring (bicyclic) bond motifs is 1. The van der Waals surface area contributed by atoms with Gasteiger partial charge in [0.2, 0.25) is 0 Å². The van der Waals surface area contributed by atoms with Crippen molar-refractivity contribution >= 4 is 38.3 Å². The van der Waals surface area contributed by atoms with Crippen molar-refractivity contribution in [2.75, 3.05) is 29.6 Å². The molecule has 1 aromatic carbocycles. The third-order valence-corrected chi connectivity index (χ3v) is 5.51. The SMILES string of the molecule is CC(Nc1ncnc(N)c1C#N)c1nc2ccc(F)cc2cc1C(=O)NCCS(C)(=O)=O. The van der Waals surface area contributed by atoms with Crippen LogP contribution in [0.15, 0.2) is 30.6 Å². The molecular weight excluding hydrogens is 437 g/mol. The van der Waals surface area contributed by atoms with E-state index < -0.39 is 27.6 Å². The molecule has 0 aliphatic carbocycles. The number of nitriles is 1. The Kier molecular flexibility index (Phi) is 6.50. The first-order valence-corrected chi connectivity index (χ1v) is 11.5. The van der Waals surface area contributed by atoms with Gasteiger partial charge in [0.25, 0.3) is 5.91 Å². The maximum absolute atomic E-state index is 13.7. The van der Waals surface area contributed by atoms with E-state index in [0.29, 0.717) is 16.6 Å². The zero-order chi connectivity index (χ0) is 23.5. The van der Waals surface area contributed by atoms with E-state index in [2.05, 4.69) is 25.6 Å². The second kappa shape index (κ2) is 9.11. The number of amides is 1. The number of benzene rings is 1. The van der Waals surface area contributed by atoms with Crippen molar-refractivity contribution in [2.45, 2.75) is 13.0 Å². The van der Waals surface area contributed by atoms with Crippen molar-refractivity contribution in [3.05, 3.63) is 53.2 Å². The minimum absolute atomic E-state index is 0.00196. The van der Waals surface area contributed by atoms with Gasteiger partial charge in [0, 0.05) is 18.2 Å². The van der Waals surface area contributed by atoms with Crippen molar-refractivity contribution < 1.29 is 17.6 Å². The Morgan fingerprint density at radius 2 is 2.06 bits per heavy atom. The Morgan fingerprint density at radius 1 is 1.31 bits per heavy atom. The van der Waals surface area contributed by atoms with Gasteiger partial charge in [-0.15, -0.1) is 0 Å². The fraction of sp³-hybridized carbons (Fsp3) is 0.250. The Balaban J connectivity index is 2.01. The maximum Gasteiger partial charge on any atom is 0.253 e. The Morgan fingerprint density at radius 3 is 2.75 bits per heavy atom. The summed E-state index contributed by atoms with van der Waals surface area (Å²) in [7, 11) is -3.27. The molecule has 0 spiro atoms. The van der Waals surface area contributed by atoms with Crippen LogP contribution in [0.3, 0.4) is 0 Å². The highest BCUT2D eigenvalue weighted by Gasteiger charge is 2.21. The predicted molar refractivity (Wildman–Crippen MR) is 117 cm³/mol. The van der Waals surface area contributed by atoms with Crippen LogP contribution in [0.1, 0.15) is 34.6 Å². The lowest BCUT2D eigenvalue weighted by atomic mass is 10.0. The Bertz CT molecular complexity index is 1340. The number of hydrogen-bond acceptors (Lipinski definition) is 9. The number of hydrogen-bond donors (Lipinski definition) is 3. The summed E-state index contributed by atoms with van der Waals surface area (Å²) >= 11 is 0. The summed E-state index contributed by atoms with van der Waals surface area (Å²) in [5.41, 5.74) is 6.63. The van der Waals surface area contributed by atoms with Crippen LogP contribution in [0, 0.1) is 17.1 Å². The molecule has 0 fully saturated rings. The summed E-state index contributed by atoms with van der Waals surface area (Å²) in [5, 5.41) is 15.3. The monoisotopic (exact) mass is 457 g/mol. The van der Waals surface area contributed by atoms with Gasteiger partial charge >= 0.3 is 0 Å². The standard InChI is InChI=1S/C20H20FN7O3S/c1-11(27-19-15(9-22)18(23)25-10-26-19)17-14(20(29)24-5-6-32(2,30)31)8-12-7-13(21)3-4-16(12)28-17/h3-4,7-8,10-11H,5-6H2,1-2H3,(H,24,29)(H3,23,25,26,27). The van der Waals surface area contributed by atoms with Gasteiger partial charge in [-0.3, -0.25) is 4.79 Å². The van der Waals surface area contributed by atoms with Gasteiger partial charge < -0.3 is 16.4 Å². The van der Waals surface area contributed by atoms with Crippen molar-refractivity contribution in [1.29, 1.82) is 5.26 Å². The molecule has 0 saturated carbocycles. The van der Waals surface area contributed by atoms with E-state index in [4.69, 9.17) is 5.73 Å². The van der Waals surface area contributed by atoms with Crippen molar-refractivity contribution in [2.24, 2.45) is 0 Å². The summed E-state index contributed by atoms with van der Waals surface area (Å²) in [5.74, 6) is -1.13. The molecule has 32 heavy (non-hydrogen) atoms. The van der Waals surface area contributed by atoms with Gasteiger partial charge in [0.1, 0.15) is 45.3 Å². The summed E-state index contributed by atoms with van der Waals surface area (Å²) in [4.78, 5) is 25.2. The van der Waals surface area contributed by atoms with E-state index in [-0.39, 0.29) is 35.1 Å². The molecule has 1 unspecified atom stereocenters. The number of rotatable bonds is 7. The summed E-state index contributed by atoms with van der Waals surface area (Å²) in [6.45, 7) is 1.60. The molecule has 0 saturated heterocycles. The van der Waals surface area contributed by atoms with Crippen LogP contribution in [0.4, 0.5) is 16.0 Å². The summed E-state index contributed by atoms with van der Waals surface area (Å²) < 4.78 is 36.4. The fourth-order valence-electron chi connectivity index (χ4n) is 3.01. The fourth-order valence-corrected chi connectivity index (χ4v) is 3.48. The first kappa shape index (κ1) is 22.8. The minimum atomic E-state index is -3.27. The van der Waals surface area contributed by atoms with E-state index in [0.717, 1.165) is 6.26 Å². The maximum atomic E-state index is 13.7. The smallest absolute Gasteiger partial charge is 0.253 e. The van der Waals surface area contributed by atoms with E-state index in [1.165, 1.54) is 30.6 Å². The quantitative estimate of drug-likeness (QED) is 0.477. The van der Waals surface area contributed by atoms with Crippen LogP contribution in [-0.2, 0) is 9.84 Å². The number of halogens is 1. The molecule has 3 rings (SSSR count). The van der Waals surface area contributed by atoms with Crippen LogP contribution in [-0.4, -0.2) is 47.8 Å². The molecule has 166 valence electrons. The number of nitrogens with zero attached hydrogens (tertiary/aromatic N) is 4. The van der Waals surface area contributed by atoms with E-state index in [1.807, 2.05) is 6.07 Å². The molecule has 0 aliphatic rings. The molecule has 1 atom stereocenters. The number of pyridine rings is 1. The molecule has 3 aromatic rings. The van der Waals surface area contributed by atoms with Gasteiger partial charge in [-0.05, 0) is 31.2 Å². The van der Waals surface area contributed by atoms with Gasteiger partial charge in [0.05, 0.1) is 28.6 Å². The Labute approximate surface area is 183 Å².